The normalized spacial score (nSPS) is 17.2. The Morgan fingerprint density at radius 3 is 2.56 bits per heavy atom. The van der Waals surface area contributed by atoms with Crippen LogP contribution in [0.4, 0.5) is 14.9 Å². The van der Waals surface area contributed by atoms with Crippen molar-refractivity contribution in [3.8, 4) is 0 Å². The Morgan fingerprint density at radius 2 is 1.82 bits per heavy atom. The van der Waals surface area contributed by atoms with Gasteiger partial charge in [-0.3, -0.25) is 4.79 Å². The van der Waals surface area contributed by atoms with Crippen molar-refractivity contribution in [3.05, 3.63) is 64.7 Å². The lowest BCUT2D eigenvalue weighted by atomic mass is 9.89. The molecule has 2 saturated heterocycles. The van der Waals surface area contributed by atoms with Gasteiger partial charge in [-0.25, -0.2) is 13.7 Å². The van der Waals surface area contributed by atoms with Gasteiger partial charge in [0.25, 0.3) is 5.91 Å². The number of hydrogen-bond donors (Lipinski definition) is 1. The van der Waals surface area contributed by atoms with Crippen LogP contribution in [0.5, 0.6) is 0 Å². The molecular weight excluding hydrogens is 461 g/mol. The third-order valence-electron chi connectivity index (χ3n) is 6.50. The lowest BCUT2D eigenvalue weighted by molar-refractivity contribution is 0.0304. The molecule has 3 aromatic rings. The predicted octanol–water partition coefficient (Wildman–Crippen LogP) is 4.01. The molecule has 0 spiro atoms. The molecule has 2 aliphatic heterocycles. The van der Waals surface area contributed by atoms with Crippen LogP contribution in [0.2, 0.25) is 5.02 Å². The number of nitrogens with one attached hydrogen (secondary N) is 1. The summed E-state index contributed by atoms with van der Waals surface area (Å²) in [6.45, 7) is 3.46. The third kappa shape index (κ3) is 4.58. The molecular formula is C24H25ClFN5O3. The summed E-state index contributed by atoms with van der Waals surface area (Å²) in [5, 5.41) is 7.10. The van der Waals surface area contributed by atoms with Gasteiger partial charge in [-0.05, 0) is 54.7 Å². The zero-order chi connectivity index (χ0) is 23.7. The topological polar surface area (TPSA) is 79.2 Å². The second-order valence-electron chi connectivity index (χ2n) is 8.57. The summed E-state index contributed by atoms with van der Waals surface area (Å²) in [5.74, 6) is -0.274. The van der Waals surface area contributed by atoms with Crippen LogP contribution in [0.1, 0.15) is 34.7 Å². The molecule has 0 radical (unpaired) electrons. The molecule has 8 nitrogen and oxygen atoms in total. The Morgan fingerprint density at radius 1 is 1.06 bits per heavy atom. The molecule has 4 heterocycles. The van der Waals surface area contributed by atoms with Gasteiger partial charge in [0.15, 0.2) is 0 Å². The van der Waals surface area contributed by atoms with Gasteiger partial charge in [-0.1, -0.05) is 11.6 Å². The molecule has 178 valence electrons. The van der Waals surface area contributed by atoms with Crippen molar-refractivity contribution in [1.82, 2.24) is 19.4 Å². The Kier molecular flexibility index (Phi) is 6.38. The van der Waals surface area contributed by atoms with Gasteiger partial charge in [-0.15, -0.1) is 0 Å². The molecule has 1 N–H and O–H groups in total. The quantitative estimate of drug-likeness (QED) is 0.608. The van der Waals surface area contributed by atoms with Gasteiger partial charge in [0.1, 0.15) is 5.82 Å². The summed E-state index contributed by atoms with van der Waals surface area (Å²) in [7, 11) is 0. The van der Waals surface area contributed by atoms with Gasteiger partial charge >= 0.3 is 6.03 Å². The number of piperidine rings is 1. The smallest absolute Gasteiger partial charge is 0.321 e. The first-order chi connectivity index (χ1) is 16.5. The fraction of sp³-hybridized carbons (Fsp3) is 0.375. The largest absolute Gasteiger partial charge is 0.378 e. The molecule has 5 rings (SSSR count). The van der Waals surface area contributed by atoms with E-state index >= 15 is 0 Å². The molecule has 0 bridgehead atoms. The Balaban J connectivity index is 1.25. The minimum Gasteiger partial charge on any atom is -0.378 e. The van der Waals surface area contributed by atoms with E-state index in [0.29, 0.717) is 50.6 Å². The van der Waals surface area contributed by atoms with E-state index in [1.165, 1.54) is 18.2 Å². The molecule has 2 aliphatic rings. The number of benzene rings is 1. The number of fused-ring (bicyclic) bond motifs is 1. The van der Waals surface area contributed by atoms with E-state index in [-0.39, 0.29) is 22.9 Å². The van der Waals surface area contributed by atoms with Crippen LogP contribution in [0.25, 0.3) is 5.52 Å². The Labute approximate surface area is 201 Å². The van der Waals surface area contributed by atoms with Crippen molar-refractivity contribution in [2.24, 2.45) is 0 Å². The number of carbonyl (C=O) groups excluding carboxylic acids is 2. The summed E-state index contributed by atoms with van der Waals surface area (Å²) >= 11 is 5.80. The van der Waals surface area contributed by atoms with Crippen LogP contribution >= 0.6 is 11.6 Å². The first-order valence-electron chi connectivity index (χ1n) is 11.3. The highest BCUT2D eigenvalue weighted by Gasteiger charge is 2.26. The molecule has 10 heteroatoms. The first kappa shape index (κ1) is 22.6. The summed E-state index contributed by atoms with van der Waals surface area (Å²) in [5.41, 5.74) is 2.98. The van der Waals surface area contributed by atoms with Crippen LogP contribution < -0.4 is 5.32 Å². The number of hydrogen-bond acceptors (Lipinski definition) is 4. The highest BCUT2D eigenvalue weighted by atomic mass is 35.5. The summed E-state index contributed by atoms with van der Waals surface area (Å²) in [6.07, 6.45) is 5.12. The number of likely N-dealkylation sites (tertiary alicyclic amines) is 1. The standard InChI is InChI=1S/C24H25ClFN5O3/c25-20-14-18(1-2-21(20)26)28-24(33)30-6-3-16(4-7-30)17-5-8-31-22(13-17)19(15-27-31)23(32)29-9-11-34-12-10-29/h1-2,5,8,13-16H,3-4,6-7,9-12H2,(H,28,33). The number of morpholine rings is 1. The monoisotopic (exact) mass is 485 g/mol. The molecule has 2 fully saturated rings. The van der Waals surface area contributed by atoms with Crippen molar-refractivity contribution >= 4 is 34.7 Å². The lowest BCUT2D eigenvalue weighted by Crippen LogP contribution is -2.40. The second-order valence-corrected chi connectivity index (χ2v) is 8.98. The van der Waals surface area contributed by atoms with Crippen molar-refractivity contribution in [2.45, 2.75) is 18.8 Å². The minimum atomic E-state index is -0.523. The molecule has 3 amide bonds. The number of carbonyl (C=O) groups is 2. The number of anilines is 1. The number of pyridine rings is 1. The van der Waals surface area contributed by atoms with E-state index in [0.717, 1.165) is 23.9 Å². The van der Waals surface area contributed by atoms with E-state index in [2.05, 4.69) is 10.4 Å². The molecule has 1 aromatic carbocycles. The Hall–Kier alpha value is -3.17. The van der Waals surface area contributed by atoms with E-state index in [9.17, 15) is 14.0 Å². The maximum atomic E-state index is 13.3. The first-order valence-corrected chi connectivity index (χ1v) is 11.7. The van der Waals surface area contributed by atoms with E-state index in [1.807, 2.05) is 18.3 Å². The fourth-order valence-electron chi connectivity index (χ4n) is 4.54. The maximum Gasteiger partial charge on any atom is 0.321 e. The van der Waals surface area contributed by atoms with Crippen molar-refractivity contribution in [3.63, 3.8) is 0 Å². The van der Waals surface area contributed by atoms with E-state index in [4.69, 9.17) is 16.3 Å². The SMILES string of the molecule is O=C(Nc1ccc(F)c(Cl)c1)N1CCC(c2ccn3ncc(C(=O)N4CCOCC4)c3c2)CC1. The predicted molar refractivity (Wildman–Crippen MR) is 126 cm³/mol. The molecule has 0 saturated carbocycles. The maximum absolute atomic E-state index is 13.3. The van der Waals surface area contributed by atoms with E-state index in [1.54, 1.807) is 20.5 Å². The second kappa shape index (κ2) is 9.60. The van der Waals surface area contributed by atoms with E-state index < -0.39 is 5.82 Å². The zero-order valence-electron chi connectivity index (χ0n) is 18.5. The Bertz CT molecular complexity index is 1220. The minimum absolute atomic E-state index is 0.0252. The van der Waals surface area contributed by atoms with Crippen molar-refractivity contribution in [2.75, 3.05) is 44.7 Å². The number of amides is 3. The third-order valence-corrected chi connectivity index (χ3v) is 6.79. The average Bonchev–Trinajstić information content (AvgIpc) is 3.30. The lowest BCUT2D eigenvalue weighted by Gasteiger charge is -2.32. The zero-order valence-corrected chi connectivity index (χ0v) is 19.3. The number of urea groups is 1. The van der Waals surface area contributed by atoms with Gasteiger partial charge in [-0.2, -0.15) is 5.10 Å². The highest BCUT2D eigenvalue weighted by Crippen LogP contribution is 2.30. The highest BCUT2D eigenvalue weighted by molar-refractivity contribution is 6.31. The molecule has 0 atom stereocenters. The molecule has 2 aromatic heterocycles. The number of ether oxygens (including phenoxy) is 1. The van der Waals surface area contributed by atoms with Gasteiger partial charge in [0, 0.05) is 38.1 Å². The average molecular weight is 486 g/mol. The summed E-state index contributed by atoms with van der Waals surface area (Å²) < 4.78 is 20.4. The van der Waals surface area contributed by atoms with Crippen LogP contribution in [-0.4, -0.2) is 70.7 Å². The van der Waals surface area contributed by atoms with Crippen molar-refractivity contribution < 1.29 is 18.7 Å². The molecule has 0 aliphatic carbocycles. The van der Waals surface area contributed by atoms with Crippen LogP contribution in [0.3, 0.4) is 0 Å². The van der Waals surface area contributed by atoms with Crippen molar-refractivity contribution in [1.29, 1.82) is 0 Å². The van der Waals surface area contributed by atoms with Crippen LogP contribution in [-0.2, 0) is 4.74 Å². The number of aromatic nitrogens is 2. The van der Waals surface area contributed by atoms with Crippen LogP contribution in [0.15, 0.2) is 42.7 Å². The number of halogens is 2. The number of rotatable bonds is 3. The van der Waals surface area contributed by atoms with Gasteiger partial charge < -0.3 is 19.9 Å². The van der Waals surface area contributed by atoms with Crippen LogP contribution in [0, 0.1) is 5.82 Å². The fourth-order valence-corrected chi connectivity index (χ4v) is 4.73. The summed E-state index contributed by atoms with van der Waals surface area (Å²) in [6, 6.07) is 7.96. The van der Waals surface area contributed by atoms with Gasteiger partial charge in [0.05, 0.1) is 35.5 Å². The summed E-state index contributed by atoms with van der Waals surface area (Å²) in [4.78, 5) is 29.2. The molecule has 34 heavy (non-hydrogen) atoms. The molecule has 0 unspecified atom stereocenters. The number of nitrogens with zero attached hydrogens (tertiary/aromatic N) is 4. The van der Waals surface area contributed by atoms with Gasteiger partial charge in [0.2, 0.25) is 0 Å².